The third-order valence-electron chi connectivity index (χ3n) is 6.33. The first-order valence-electron chi connectivity index (χ1n) is 11.3. The Balaban J connectivity index is 1.29. The van der Waals surface area contributed by atoms with Crippen LogP contribution in [-0.4, -0.2) is 38.9 Å². The Bertz CT molecular complexity index is 1270. The number of hydrogen-bond donors (Lipinski definition) is 0. The van der Waals surface area contributed by atoms with Gasteiger partial charge in [0.15, 0.2) is 0 Å². The van der Waals surface area contributed by atoms with Crippen molar-refractivity contribution >= 4 is 10.9 Å². The molecule has 5 rings (SSSR count). The lowest BCUT2D eigenvalue weighted by Crippen LogP contribution is -2.24. The van der Waals surface area contributed by atoms with Crippen molar-refractivity contribution in [3.05, 3.63) is 94.3 Å². The molecule has 1 aliphatic rings. The number of aryl methyl sites for hydroxylation is 2. The summed E-state index contributed by atoms with van der Waals surface area (Å²) in [5.74, 6) is -0.231. The largest absolute Gasteiger partial charge is 0.301 e. The summed E-state index contributed by atoms with van der Waals surface area (Å²) in [6, 6.07) is 16.2. The lowest BCUT2D eigenvalue weighted by Gasteiger charge is -2.14. The number of likely N-dealkylation sites (tertiary alicyclic amines) is 1. The maximum Gasteiger partial charge on any atom is 0.255 e. The number of hydrogen-bond acceptors (Lipinski definition) is 3. The number of nitrogens with zero attached hydrogens (tertiary/aromatic N) is 4. The van der Waals surface area contributed by atoms with Gasteiger partial charge in [-0.05, 0) is 86.3 Å². The van der Waals surface area contributed by atoms with Crippen LogP contribution in [0, 0.1) is 5.82 Å². The second-order valence-corrected chi connectivity index (χ2v) is 8.53. The number of fused-ring (bicyclic) bond motifs is 1. The van der Waals surface area contributed by atoms with Gasteiger partial charge in [-0.3, -0.25) is 14.0 Å². The summed E-state index contributed by atoms with van der Waals surface area (Å²) in [6.45, 7) is 4.28. The van der Waals surface area contributed by atoms with E-state index in [0.717, 1.165) is 53.6 Å². The molecule has 0 N–H and O–H groups in total. The van der Waals surface area contributed by atoms with Gasteiger partial charge in [0.05, 0.1) is 18.3 Å². The molecule has 0 atom stereocenters. The van der Waals surface area contributed by atoms with Crippen molar-refractivity contribution in [1.29, 1.82) is 0 Å². The summed E-state index contributed by atoms with van der Waals surface area (Å²) in [5.41, 5.74) is 3.92. The molecule has 5 nitrogen and oxygen atoms in total. The van der Waals surface area contributed by atoms with E-state index in [4.69, 9.17) is 0 Å². The molecule has 0 amide bonds. The van der Waals surface area contributed by atoms with Crippen molar-refractivity contribution in [3.63, 3.8) is 0 Å². The van der Waals surface area contributed by atoms with Crippen molar-refractivity contribution < 1.29 is 4.39 Å². The van der Waals surface area contributed by atoms with Gasteiger partial charge in [0.2, 0.25) is 0 Å². The first-order chi connectivity index (χ1) is 15.7. The van der Waals surface area contributed by atoms with Gasteiger partial charge in [0.25, 0.3) is 5.56 Å². The average Bonchev–Trinajstić information content (AvgIpc) is 3.47. The molecule has 6 heteroatoms. The van der Waals surface area contributed by atoms with Gasteiger partial charge in [-0.15, -0.1) is 0 Å². The molecular weight excluding hydrogens is 403 g/mol. The second-order valence-electron chi connectivity index (χ2n) is 8.53. The fourth-order valence-corrected chi connectivity index (χ4v) is 4.47. The molecule has 2 aromatic carbocycles. The first kappa shape index (κ1) is 20.6. The van der Waals surface area contributed by atoms with Crippen LogP contribution in [0.2, 0.25) is 0 Å². The molecule has 0 saturated carbocycles. The molecule has 0 aliphatic carbocycles. The molecular formula is C26H27FN4O. The van der Waals surface area contributed by atoms with Crippen LogP contribution in [0.25, 0.3) is 16.6 Å². The van der Waals surface area contributed by atoms with Gasteiger partial charge in [-0.1, -0.05) is 12.1 Å². The topological polar surface area (TPSA) is 43.1 Å². The normalized spacial score (nSPS) is 14.4. The molecule has 0 bridgehead atoms. The highest BCUT2D eigenvalue weighted by atomic mass is 19.1. The van der Waals surface area contributed by atoms with Crippen molar-refractivity contribution in [1.82, 2.24) is 19.2 Å². The highest BCUT2D eigenvalue weighted by Gasteiger charge is 2.12. The smallest absolute Gasteiger partial charge is 0.255 e. The summed E-state index contributed by atoms with van der Waals surface area (Å²) in [5, 5.41) is 5.60. The zero-order chi connectivity index (χ0) is 21.9. The second kappa shape index (κ2) is 9.09. The molecule has 0 spiro atoms. The molecule has 1 saturated heterocycles. The number of halogens is 1. The van der Waals surface area contributed by atoms with Crippen LogP contribution in [0.4, 0.5) is 4.39 Å². The van der Waals surface area contributed by atoms with E-state index >= 15 is 0 Å². The van der Waals surface area contributed by atoms with Gasteiger partial charge < -0.3 is 4.90 Å². The summed E-state index contributed by atoms with van der Waals surface area (Å²) in [6.07, 6.45) is 7.81. The van der Waals surface area contributed by atoms with E-state index < -0.39 is 0 Å². The molecule has 0 unspecified atom stereocenters. The van der Waals surface area contributed by atoms with Crippen LogP contribution in [0.15, 0.2) is 71.8 Å². The molecule has 3 heterocycles. The summed E-state index contributed by atoms with van der Waals surface area (Å²) >= 11 is 0. The molecule has 0 radical (unpaired) electrons. The van der Waals surface area contributed by atoms with Gasteiger partial charge in [0, 0.05) is 29.9 Å². The first-order valence-corrected chi connectivity index (χ1v) is 11.3. The lowest BCUT2D eigenvalue weighted by molar-refractivity contribution is 0.318. The lowest BCUT2D eigenvalue weighted by atomic mass is 10.1. The highest BCUT2D eigenvalue weighted by molar-refractivity contribution is 5.80. The van der Waals surface area contributed by atoms with Crippen LogP contribution in [0.1, 0.15) is 24.0 Å². The van der Waals surface area contributed by atoms with Crippen LogP contribution in [0.3, 0.4) is 0 Å². The van der Waals surface area contributed by atoms with E-state index in [2.05, 4.69) is 20.7 Å². The minimum Gasteiger partial charge on any atom is -0.301 e. The van der Waals surface area contributed by atoms with E-state index in [0.29, 0.717) is 0 Å². The van der Waals surface area contributed by atoms with Crippen LogP contribution >= 0.6 is 0 Å². The van der Waals surface area contributed by atoms with Crippen LogP contribution < -0.4 is 5.56 Å². The Morgan fingerprint density at radius 2 is 1.66 bits per heavy atom. The van der Waals surface area contributed by atoms with Crippen LogP contribution in [0.5, 0.6) is 0 Å². The van der Waals surface area contributed by atoms with Gasteiger partial charge in [0.1, 0.15) is 5.82 Å². The van der Waals surface area contributed by atoms with Gasteiger partial charge >= 0.3 is 0 Å². The van der Waals surface area contributed by atoms with Gasteiger partial charge in [-0.25, -0.2) is 4.39 Å². The number of aromatic nitrogens is 3. The van der Waals surface area contributed by atoms with Gasteiger partial charge in [-0.2, -0.15) is 5.10 Å². The van der Waals surface area contributed by atoms with Crippen molar-refractivity contribution in [3.8, 4) is 5.69 Å². The Kier molecular flexibility index (Phi) is 5.86. The summed E-state index contributed by atoms with van der Waals surface area (Å²) < 4.78 is 16.8. The molecule has 32 heavy (non-hydrogen) atoms. The van der Waals surface area contributed by atoms with E-state index in [1.165, 1.54) is 38.1 Å². The highest BCUT2D eigenvalue weighted by Crippen LogP contribution is 2.19. The minimum absolute atomic E-state index is 0.0534. The Hall–Kier alpha value is -3.25. The fourth-order valence-electron chi connectivity index (χ4n) is 4.47. The third kappa shape index (κ3) is 4.50. The van der Waals surface area contributed by atoms with Crippen molar-refractivity contribution in [2.24, 2.45) is 0 Å². The van der Waals surface area contributed by atoms with E-state index in [1.54, 1.807) is 22.8 Å². The molecule has 4 aromatic rings. The molecule has 1 aliphatic heterocycles. The maximum atomic E-state index is 13.1. The summed E-state index contributed by atoms with van der Waals surface area (Å²) in [4.78, 5) is 15.3. The molecule has 2 aromatic heterocycles. The summed E-state index contributed by atoms with van der Waals surface area (Å²) in [7, 11) is 0. The predicted octanol–water partition coefficient (Wildman–Crippen LogP) is 4.21. The standard InChI is InChI=1S/C26H27FN4O/c27-23-7-5-20(6-8-23)3-4-21-11-14-30(26(32)17-21)24-9-10-25-22(18-24)19-28-31(25)16-15-29-12-1-2-13-29/h5-11,14,17-19H,1-4,12-13,15-16H2. The third-order valence-corrected chi connectivity index (χ3v) is 6.33. The van der Waals surface area contributed by atoms with E-state index in [1.807, 2.05) is 30.6 Å². The van der Waals surface area contributed by atoms with Crippen molar-refractivity contribution in [2.45, 2.75) is 32.2 Å². The van der Waals surface area contributed by atoms with E-state index in [-0.39, 0.29) is 11.4 Å². The number of rotatable bonds is 7. The van der Waals surface area contributed by atoms with E-state index in [9.17, 15) is 9.18 Å². The minimum atomic E-state index is -0.231. The van der Waals surface area contributed by atoms with Crippen molar-refractivity contribution in [2.75, 3.05) is 19.6 Å². The SMILES string of the molecule is O=c1cc(CCc2ccc(F)cc2)ccn1-c1ccc2c(cnn2CCN2CCCC2)c1. The maximum absolute atomic E-state index is 13.1. The van der Waals surface area contributed by atoms with Crippen LogP contribution in [-0.2, 0) is 19.4 Å². The Morgan fingerprint density at radius 3 is 2.44 bits per heavy atom. The Labute approximate surface area is 186 Å². The Morgan fingerprint density at radius 1 is 0.875 bits per heavy atom. The number of pyridine rings is 1. The molecule has 1 fully saturated rings. The predicted molar refractivity (Wildman–Crippen MR) is 125 cm³/mol. The molecule has 164 valence electrons. The zero-order valence-corrected chi connectivity index (χ0v) is 18.1. The quantitative estimate of drug-likeness (QED) is 0.441. The monoisotopic (exact) mass is 430 g/mol. The average molecular weight is 431 g/mol. The number of benzene rings is 2. The fraction of sp³-hybridized carbons (Fsp3) is 0.308. The zero-order valence-electron chi connectivity index (χ0n) is 18.1.